The summed E-state index contributed by atoms with van der Waals surface area (Å²) in [6, 6.07) is 10.9. The van der Waals surface area contributed by atoms with Gasteiger partial charge in [0.2, 0.25) is 5.91 Å². The molecule has 2 rings (SSSR count). The number of rotatable bonds is 9. The quantitative estimate of drug-likeness (QED) is 0.531. The predicted octanol–water partition coefficient (Wildman–Crippen LogP) is 3.29. The Labute approximate surface area is 165 Å². The second-order valence-electron chi connectivity index (χ2n) is 6.07. The van der Waals surface area contributed by atoms with Crippen molar-refractivity contribution in [3.05, 3.63) is 59.2 Å². The van der Waals surface area contributed by atoms with Gasteiger partial charge < -0.3 is 19.5 Å². The second-order valence-corrected chi connectivity index (χ2v) is 6.07. The summed E-state index contributed by atoms with van der Waals surface area (Å²) in [6.45, 7) is 1.88. The minimum atomic E-state index is -0.165. The lowest BCUT2D eigenvalue weighted by Crippen LogP contribution is -2.23. The lowest BCUT2D eigenvalue weighted by Gasteiger charge is -2.14. The van der Waals surface area contributed by atoms with Crippen molar-refractivity contribution in [2.75, 3.05) is 27.9 Å². The van der Waals surface area contributed by atoms with Crippen LogP contribution in [0.4, 0.5) is 0 Å². The molecule has 1 amide bonds. The third-order valence-electron chi connectivity index (χ3n) is 4.16. The number of methoxy groups -OCH3 is 3. The van der Waals surface area contributed by atoms with E-state index in [9.17, 15) is 9.59 Å². The van der Waals surface area contributed by atoms with Gasteiger partial charge in [-0.05, 0) is 47.9 Å². The highest BCUT2D eigenvalue weighted by molar-refractivity contribution is 6.08. The van der Waals surface area contributed by atoms with Crippen molar-refractivity contribution in [3.63, 3.8) is 0 Å². The van der Waals surface area contributed by atoms with Crippen LogP contribution in [-0.4, -0.2) is 39.6 Å². The summed E-state index contributed by atoms with van der Waals surface area (Å²) in [7, 11) is 4.66. The molecule has 0 spiro atoms. The highest BCUT2D eigenvalue weighted by Gasteiger charge is 2.15. The van der Waals surface area contributed by atoms with E-state index in [2.05, 4.69) is 5.32 Å². The van der Waals surface area contributed by atoms with E-state index >= 15 is 0 Å². The van der Waals surface area contributed by atoms with Gasteiger partial charge >= 0.3 is 0 Å². The monoisotopic (exact) mass is 383 g/mol. The summed E-state index contributed by atoms with van der Waals surface area (Å²) in [5.74, 6) is 1.45. The molecule has 1 N–H and O–H groups in total. The first-order valence-corrected chi connectivity index (χ1v) is 8.84. The maximum absolute atomic E-state index is 12.9. The number of allylic oxidation sites excluding steroid dienone is 1. The molecule has 28 heavy (non-hydrogen) atoms. The van der Waals surface area contributed by atoms with Gasteiger partial charge in [-0.1, -0.05) is 18.2 Å². The van der Waals surface area contributed by atoms with E-state index in [-0.39, 0.29) is 11.7 Å². The Kier molecular flexibility index (Phi) is 7.63. The molecule has 0 aliphatic rings. The van der Waals surface area contributed by atoms with Gasteiger partial charge in [-0.15, -0.1) is 0 Å². The van der Waals surface area contributed by atoms with Gasteiger partial charge in [-0.3, -0.25) is 9.59 Å². The lowest BCUT2D eigenvalue weighted by atomic mass is 9.99. The molecule has 2 aromatic rings. The van der Waals surface area contributed by atoms with Gasteiger partial charge in [0.25, 0.3) is 0 Å². The molecular weight excluding hydrogens is 358 g/mol. The molecule has 0 bridgehead atoms. The molecule has 0 heterocycles. The number of carbonyl (C=O) groups is 2. The number of ketones is 1. The van der Waals surface area contributed by atoms with Crippen molar-refractivity contribution < 1.29 is 23.8 Å². The standard InChI is InChI=1S/C22H25NO5/c1-15(24)23-11-10-17-13-21(27-3)22(28-4)14-19(17)20(25)9-8-16-6-5-7-18(12-16)26-2/h5-9,12-14H,10-11H2,1-4H3,(H,23,24)/b9-8+. The first-order valence-electron chi connectivity index (χ1n) is 8.84. The van der Waals surface area contributed by atoms with Crippen molar-refractivity contribution >= 4 is 17.8 Å². The summed E-state index contributed by atoms with van der Waals surface area (Å²) in [5, 5.41) is 2.74. The van der Waals surface area contributed by atoms with Gasteiger partial charge in [0.15, 0.2) is 17.3 Å². The van der Waals surface area contributed by atoms with Crippen LogP contribution in [-0.2, 0) is 11.2 Å². The van der Waals surface area contributed by atoms with Gasteiger partial charge in [-0.2, -0.15) is 0 Å². The van der Waals surface area contributed by atoms with Crippen molar-refractivity contribution in [1.29, 1.82) is 0 Å². The van der Waals surface area contributed by atoms with Crippen LogP contribution in [0.3, 0.4) is 0 Å². The highest BCUT2D eigenvalue weighted by atomic mass is 16.5. The van der Waals surface area contributed by atoms with Crippen LogP contribution < -0.4 is 19.5 Å². The zero-order valence-corrected chi connectivity index (χ0v) is 16.6. The maximum atomic E-state index is 12.9. The fourth-order valence-electron chi connectivity index (χ4n) is 2.74. The minimum absolute atomic E-state index is 0.119. The molecule has 148 valence electrons. The smallest absolute Gasteiger partial charge is 0.216 e. The highest BCUT2D eigenvalue weighted by Crippen LogP contribution is 2.31. The van der Waals surface area contributed by atoms with Gasteiger partial charge in [0, 0.05) is 19.0 Å². The number of hydrogen-bond donors (Lipinski definition) is 1. The summed E-state index contributed by atoms with van der Waals surface area (Å²) in [6.07, 6.45) is 3.74. The summed E-state index contributed by atoms with van der Waals surface area (Å²) in [5.41, 5.74) is 2.13. The number of amides is 1. The van der Waals surface area contributed by atoms with E-state index in [1.165, 1.54) is 20.1 Å². The van der Waals surface area contributed by atoms with E-state index in [0.29, 0.717) is 30.0 Å². The average molecular weight is 383 g/mol. The van der Waals surface area contributed by atoms with Crippen LogP contribution in [0.5, 0.6) is 17.2 Å². The number of carbonyl (C=O) groups excluding carboxylic acids is 2. The molecule has 0 unspecified atom stereocenters. The normalized spacial score (nSPS) is 10.6. The van der Waals surface area contributed by atoms with E-state index in [1.807, 2.05) is 24.3 Å². The SMILES string of the molecule is COc1cccc(/C=C/C(=O)c2cc(OC)c(OC)cc2CCNC(C)=O)c1. The first-order chi connectivity index (χ1) is 13.5. The largest absolute Gasteiger partial charge is 0.497 e. The van der Waals surface area contributed by atoms with Crippen molar-refractivity contribution in [1.82, 2.24) is 5.32 Å². The fraction of sp³-hybridized carbons (Fsp3) is 0.273. The van der Waals surface area contributed by atoms with Crippen molar-refractivity contribution in [2.24, 2.45) is 0 Å². The van der Waals surface area contributed by atoms with Crippen molar-refractivity contribution in [3.8, 4) is 17.2 Å². The van der Waals surface area contributed by atoms with Crippen LogP contribution in [0.2, 0.25) is 0 Å². The second kappa shape index (κ2) is 10.2. The summed E-state index contributed by atoms with van der Waals surface area (Å²) < 4.78 is 15.9. The summed E-state index contributed by atoms with van der Waals surface area (Å²) >= 11 is 0. The van der Waals surface area contributed by atoms with Crippen LogP contribution >= 0.6 is 0 Å². The summed E-state index contributed by atoms with van der Waals surface area (Å²) in [4.78, 5) is 24.0. The number of nitrogens with one attached hydrogen (secondary N) is 1. The third kappa shape index (κ3) is 5.61. The van der Waals surface area contributed by atoms with Crippen LogP contribution in [0.25, 0.3) is 6.08 Å². The van der Waals surface area contributed by atoms with E-state index in [0.717, 1.165) is 16.9 Å². The Balaban J connectivity index is 2.32. The maximum Gasteiger partial charge on any atom is 0.216 e. The molecular formula is C22H25NO5. The minimum Gasteiger partial charge on any atom is -0.497 e. The molecule has 0 radical (unpaired) electrons. The molecule has 2 aromatic carbocycles. The Morgan fingerprint density at radius 1 is 1.00 bits per heavy atom. The third-order valence-corrected chi connectivity index (χ3v) is 4.16. The molecule has 0 aromatic heterocycles. The Morgan fingerprint density at radius 2 is 1.71 bits per heavy atom. The topological polar surface area (TPSA) is 73.9 Å². The fourth-order valence-corrected chi connectivity index (χ4v) is 2.74. The van der Waals surface area contributed by atoms with Gasteiger partial charge in [0.1, 0.15) is 5.75 Å². The average Bonchev–Trinajstić information content (AvgIpc) is 2.71. The van der Waals surface area contributed by atoms with E-state index in [4.69, 9.17) is 14.2 Å². The van der Waals surface area contributed by atoms with Crippen LogP contribution in [0, 0.1) is 0 Å². The Bertz CT molecular complexity index is 873. The molecule has 0 saturated carbocycles. The van der Waals surface area contributed by atoms with E-state index in [1.54, 1.807) is 32.4 Å². The molecule has 6 nitrogen and oxygen atoms in total. The Morgan fingerprint density at radius 3 is 2.36 bits per heavy atom. The number of hydrogen-bond acceptors (Lipinski definition) is 5. The zero-order valence-electron chi connectivity index (χ0n) is 16.6. The predicted molar refractivity (Wildman–Crippen MR) is 108 cm³/mol. The van der Waals surface area contributed by atoms with E-state index < -0.39 is 0 Å². The van der Waals surface area contributed by atoms with Crippen LogP contribution in [0.1, 0.15) is 28.4 Å². The zero-order chi connectivity index (χ0) is 20.5. The molecule has 0 aliphatic heterocycles. The van der Waals surface area contributed by atoms with Crippen molar-refractivity contribution in [2.45, 2.75) is 13.3 Å². The van der Waals surface area contributed by atoms with Gasteiger partial charge in [-0.25, -0.2) is 0 Å². The number of benzene rings is 2. The first kappa shape index (κ1) is 21.0. The molecule has 0 atom stereocenters. The molecule has 0 saturated heterocycles. The lowest BCUT2D eigenvalue weighted by molar-refractivity contribution is -0.118. The molecule has 6 heteroatoms. The van der Waals surface area contributed by atoms with Crippen LogP contribution in [0.15, 0.2) is 42.5 Å². The number of ether oxygens (including phenoxy) is 3. The van der Waals surface area contributed by atoms with Gasteiger partial charge in [0.05, 0.1) is 21.3 Å². The Hall–Kier alpha value is -3.28. The molecule has 0 aliphatic carbocycles. The molecule has 0 fully saturated rings.